The fraction of sp³-hybridized carbons (Fsp3) is 0.692. The van der Waals surface area contributed by atoms with Crippen molar-refractivity contribution < 1.29 is 38.5 Å². The lowest BCUT2D eigenvalue weighted by Gasteiger charge is -2.30. The minimum atomic E-state index is -3.04. The number of ether oxygens (including phenoxy) is 3. The predicted molar refractivity (Wildman–Crippen MR) is 72.5 cm³/mol. The van der Waals surface area contributed by atoms with E-state index < -0.39 is 35.5 Å². The van der Waals surface area contributed by atoms with Crippen molar-refractivity contribution in [1.82, 2.24) is 5.32 Å². The lowest BCUT2D eigenvalue weighted by Crippen LogP contribution is -2.66. The monoisotopic (exact) mass is 319 g/mol. The van der Waals surface area contributed by atoms with Gasteiger partial charge in [0.05, 0.1) is 19.8 Å². The van der Waals surface area contributed by atoms with E-state index in [0.29, 0.717) is 0 Å². The van der Waals surface area contributed by atoms with E-state index in [0.717, 1.165) is 6.92 Å². The van der Waals surface area contributed by atoms with E-state index in [1.165, 1.54) is 20.8 Å². The molecule has 0 aliphatic carbocycles. The summed E-state index contributed by atoms with van der Waals surface area (Å²) in [5.41, 5.74) is -3.04. The fourth-order valence-electron chi connectivity index (χ4n) is 1.56. The summed E-state index contributed by atoms with van der Waals surface area (Å²) in [6.45, 7) is 5.02. The van der Waals surface area contributed by atoms with Gasteiger partial charge in [-0.1, -0.05) is 0 Å². The largest absolute Gasteiger partial charge is 0.464 e. The van der Waals surface area contributed by atoms with Crippen molar-refractivity contribution in [2.24, 2.45) is 0 Å². The Hall–Kier alpha value is -2.16. The Labute approximate surface area is 127 Å². The van der Waals surface area contributed by atoms with Gasteiger partial charge in [0.2, 0.25) is 5.91 Å². The first-order valence-electron chi connectivity index (χ1n) is 6.76. The van der Waals surface area contributed by atoms with E-state index in [1.54, 1.807) is 0 Å². The van der Waals surface area contributed by atoms with Crippen LogP contribution >= 0.6 is 0 Å². The van der Waals surface area contributed by atoms with Crippen LogP contribution in [0.5, 0.6) is 0 Å². The molecular formula is C13H21NO8. The van der Waals surface area contributed by atoms with Crippen LogP contribution in [-0.2, 0) is 33.4 Å². The molecule has 1 amide bonds. The van der Waals surface area contributed by atoms with Crippen LogP contribution in [0.4, 0.5) is 0 Å². The number of nitrogens with one attached hydrogen (secondary N) is 1. The molecule has 2 N–H and O–H groups in total. The molecule has 0 aromatic heterocycles. The molecule has 22 heavy (non-hydrogen) atoms. The second-order valence-electron chi connectivity index (χ2n) is 4.09. The Morgan fingerprint density at radius 1 is 0.955 bits per heavy atom. The summed E-state index contributed by atoms with van der Waals surface area (Å²) < 4.78 is 13.9. The van der Waals surface area contributed by atoms with Crippen molar-refractivity contribution in [2.75, 3.05) is 19.8 Å². The first-order chi connectivity index (χ1) is 10.2. The number of amides is 1. The summed E-state index contributed by atoms with van der Waals surface area (Å²) in [6.07, 6.45) is 0. The summed E-state index contributed by atoms with van der Waals surface area (Å²) in [5, 5.41) is 12.5. The van der Waals surface area contributed by atoms with Gasteiger partial charge in [0.25, 0.3) is 5.60 Å². The Morgan fingerprint density at radius 2 is 1.36 bits per heavy atom. The van der Waals surface area contributed by atoms with Gasteiger partial charge in [0, 0.05) is 6.92 Å². The van der Waals surface area contributed by atoms with Gasteiger partial charge in [0.1, 0.15) is 0 Å². The number of aliphatic hydroxyl groups is 1. The molecule has 0 aliphatic heterocycles. The Kier molecular flexibility index (Phi) is 8.10. The molecule has 0 bridgehead atoms. The molecule has 0 aromatic carbocycles. The zero-order valence-corrected chi connectivity index (χ0v) is 13.0. The topological polar surface area (TPSA) is 128 Å². The van der Waals surface area contributed by atoms with Gasteiger partial charge in [-0.15, -0.1) is 0 Å². The van der Waals surface area contributed by atoms with Gasteiger partial charge in [-0.05, 0) is 20.8 Å². The maximum absolute atomic E-state index is 12.0. The number of esters is 3. The number of hydrogen-bond acceptors (Lipinski definition) is 8. The molecule has 9 heteroatoms. The van der Waals surface area contributed by atoms with Crippen molar-refractivity contribution in [1.29, 1.82) is 0 Å². The van der Waals surface area contributed by atoms with E-state index in [1.807, 2.05) is 5.32 Å². The van der Waals surface area contributed by atoms with Crippen molar-refractivity contribution in [3.63, 3.8) is 0 Å². The van der Waals surface area contributed by atoms with Crippen LogP contribution in [0, 0.1) is 0 Å². The van der Waals surface area contributed by atoms with Crippen LogP contribution in [0.15, 0.2) is 0 Å². The quantitative estimate of drug-likeness (QED) is 0.328. The maximum atomic E-state index is 12.0. The minimum Gasteiger partial charge on any atom is -0.464 e. The van der Waals surface area contributed by atoms with E-state index in [2.05, 4.69) is 14.2 Å². The summed E-state index contributed by atoms with van der Waals surface area (Å²) >= 11 is 0. The lowest BCUT2D eigenvalue weighted by molar-refractivity contribution is -0.192. The highest BCUT2D eigenvalue weighted by Crippen LogP contribution is 2.18. The zero-order chi connectivity index (χ0) is 17.3. The molecule has 1 unspecified atom stereocenters. The summed E-state index contributed by atoms with van der Waals surface area (Å²) in [7, 11) is 0. The second kappa shape index (κ2) is 8.98. The van der Waals surface area contributed by atoms with Crippen molar-refractivity contribution in [3.8, 4) is 0 Å². The summed E-state index contributed by atoms with van der Waals surface area (Å²) in [4.78, 5) is 47.1. The van der Waals surface area contributed by atoms with Gasteiger partial charge in [-0.3, -0.25) is 4.79 Å². The van der Waals surface area contributed by atoms with E-state index in [9.17, 15) is 24.3 Å². The standard InChI is InChI=1S/C13H21NO8/c1-5-20-10(16)9(14-8(4)15)13(19,11(17)21-6-2)12(18)22-7-3/h9,19H,5-7H2,1-4H3,(H,14,15). The van der Waals surface area contributed by atoms with Gasteiger partial charge in [0.15, 0.2) is 6.04 Å². The van der Waals surface area contributed by atoms with Gasteiger partial charge >= 0.3 is 17.9 Å². The van der Waals surface area contributed by atoms with Crippen molar-refractivity contribution in [2.45, 2.75) is 39.3 Å². The molecule has 0 aromatic rings. The third kappa shape index (κ3) is 4.69. The molecule has 0 radical (unpaired) electrons. The van der Waals surface area contributed by atoms with Crippen molar-refractivity contribution in [3.05, 3.63) is 0 Å². The Balaban J connectivity index is 5.81. The predicted octanol–water partition coefficient (Wildman–Crippen LogP) is -1.09. The van der Waals surface area contributed by atoms with Crippen molar-refractivity contribution >= 4 is 23.8 Å². The van der Waals surface area contributed by atoms with E-state index >= 15 is 0 Å². The molecule has 0 heterocycles. The van der Waals surface area contributed by atoms with Crippen LogP contribution in [-0.4, -0.2) is 60.4 Å². The number of rotatable bonds is 8. The molecule has 0 rings (SSSR count). The van der Waals surface area contributed by atoms with Crippen LogP contribution < -0.4 is 5.32 Å². The second-order valence-corrected chi connectivity index (χ2v) is 4.09. The Morgan fingerprint density at radius 3 is 1.68 bits per heavy atom. The molecule has 126 valence electrons. The van der Waals surface area contributed by atoms with Crippen LogP contribution in [0.25, 0.3) is 0 Å². The SMILES string of the molecule is CCOC(=O)C(NC(C)=O)C(O)(C(=O)OCC)C(=O)OCC. The highest BCUT2D eigenvalue weighted by atomic mass is 16.6. The lowest BCUT2D eigenvalue weighted by atomic mass is 9.93. The Bertz CT molecular complexity index is 416. The molecule has 0 fully saturated rings. The van der Waals surface area contributed by atoms with Crippen LogP contribution in [0.1, 0.15) is 27.7 Å². The minimum absolute atomic E-state index is 0.0867. The molecule has 0 spiro atoms. The normalized spacial score (nSPS) is 12.0. The fourth-order valence-corrected chi connectivity index (χ4v) is 1.56. The third-order valence-electron chi connectivity index (χ3n) is 2.46. The number of carbonyl (C=O) groups is 4. The number of hydrogen-bond donors (Lipinski definition) is 2. The first-order valence-corrected chi connectivity index (χ1v) is 6.76. The average Bonchev–Trinajstić information content (AvgIpc) is 2.44. The highest BCUT2D eigenvalue weighted by molar-refractivity contribution is 6.09. The molecule has 1 atom stereocenters. The molecule has 0 aliphatic rings. The molecule has 0 saturated carbocycles. The smallest absolute Gasteiger partial charge is 0.352 e. The van der Waals surface area contributed by atoms with Gasteiger partial charge < -0.3 is 24.6 Å². The van der Waals surface area contributed by atoms with Crippen LogP contribution in [0.3, 0.4) is 0 Å². The zero-order valence-electron chi connectivity index (χ0n) is 13.0. The van der Waals surface area contributed by atoms with E-state index in [-0.39, 0.29) is 19.8 Å². The third-order valence-corrected chi connectivity index (χ3v) is 2.46. The van der Waals surface area contributed by atoms with Crippen LogP contribution in [0.2, 0.25) is 0 Å². The maximum Gasteiger partial charge on any atom is 0.352 e. The average molecular weight is 319 g/mol. The molecule has 0 saturated heterocycles. The van der Waals surface area contributed by atoms with E-state index in [4.69, 9.17) is 0 Å². The van der Waals surface area contributed by atoms with Gasteiger partial charge in [-0.25, -0.2) is 14.4 Å². The first kappa shape index (κ1) is 19.8. The summed E-state index contributed by atoms with van der Waals surface area (Å²) in [5.74, 6) is -4.76. The highest BCUT2D eigenvalue weighted by Gasteiger charge is 2.58. The summed E-state index contributed by atoms with van der Waals surface area (Å²) in [6, 6.07) is -1.98. The van der Waals surface area contributed by atoms with Gasteiger partial charge in [-0.2, -0.15) is 0 Å². The molecule has 9 nitrogen and oxygen atoms in total. The molecular weight excluding hydrogens is 298 g/mol. The number of carbonyl (C=O) groups excluding carboxylic acids is 4.